The first kappa shape index (κ1) is 16.8. The lowest BCUT2D eigenvalue weighted by Crippen LogP contribution is -2.55. The van der Waals surface area contributed by atoms with Crippen molar-refractivity contribution in [3.8, 4) is 11.8 Å². The zero-order valence-electron chi connectivity index (χ0n) is 13.6. The van der Waals surface area contributed by atoms with E-state index in [1.807, 2.05) is 6.92 Å². The molecule has 0 aliphatic carbocycles. The minimum atomic E-state index is -0.137. The van der Waals surface area contributed by atoms with Gasteiger partial charge in [0.2, 0.25) is 17.7 Å². The smallest absolute Gasteiger partial charge is 0.254 e. The zero-order chi connectivity index (χ0) is 17.0. The number of pyridine rings is 1. The Kier molecular flexibility index (Phi) is 5.20. The summed E-state index contributed by atoms with van der Waals surface area (Å²) in [4.78, 5) is 32.0. The van der Waals surface area contributed by atoms with E-state index in [9.17, 15) is 9.59 Å². The average molecular weight is 319 g/mol. The van der Waals surface area contributed by atoms with E-state index < -0.39 is 0 Å². The standard InChI is InChI=1S/C16H21N3O4/c1-5-15(20)19-7-6-18(10-11(19)2)16(21)12-8-13(22-3)17-14(9-12)23-4/h5,8-9,11H,1,6-7,10H2,2-4H3/t11-/m1/s1. The molecule has 1 aliphatic heterocycles. The Labute approximate surface area is 135 Å². The van der Waals surface area contributed by atoms with Crippen molar-refractivity contribution in [1.29, 1.82) is 0 Å². The van der Waals surface area contributed by atoms with Crippen LogP contribution >= 0.6 is 0 Å². The summed E-state index contributed by atoms with van der Waals surface area (Å²) in [6, 6.07) is 3.09. The predicted octanol–water partition coefficient (Wildman–Crippen LogP) is 0.958. The molecule has 0 aromatic carbocycles. The maximum absolute atomic E-state index is 12.7. The lowest BCUT2D eigenvalue weighted by Gasteiger charge is -2.39. The first-order valence-corrected chi connectivity index (χ1v) is 7.32. The van der Waals surface area contributed by atoms with Crippen molar-refractivity contribution in [3.05, 3.63) is 30.4 Å². The van der Waals surface area contributed by atoms with Gasteiger partial charge in [0.05, 0.1) is 19.8 Å². The van der Waals surface area contributed by atoms with E-state index in [0.717, 1.165) is 0 Å². The number of rotatable bonds is 4. The Morgan fingerprint density at radius 3 is 2.35 bits per heavy atom. The summed E-state index contributed by atoms with van der Waals surface area (Å²) in [5, 5.41) is 0. The van der Waals surface area contributed by atoms with Crippen molar-refractivity contribution in [1.82, 2.24) is 14.8 Å². The number of nitrogens with zero attached hydrogens (tertiary/aromatic N) is 3. The highest BCUT2D eigenvalue weighted by Crippen LogP contribution is 2.20. The number of carbonyl (C=O) groups excluding carboxylic acids is 2. The van der Waals surface area contributed by atoms with Crippen LogP contribution in [0.1, 0.15) is 17.3 Å². The van der Waals surface area contributed by atoms with E-state index in [1.54, 1.807) is 21.9 Å². The third kappa shape index (κ3) is 3.61. The molecule has 0 spiro atoms. The zero-order valence-corrected chi connectivity index (χ0v) is 13.6. The molecule has 1 atom stereocenters. The van der Waals surface area contributed by atoms with E-state index in [4.69, 9.17) is 9.47 Å². The summed E-state index contributed by atoms with van der Waals surface area (Å²) in [7, 11) is 2.97. The lowest BCUT2D eigenvalue weighted by atomic mass is 10.1. The number of hydrogen-bond donors (Lipinski definition) is 0. The van der Waals surface area contributed by atoms with Gasteiger partial charge in [0.15, 0.2) is 0 Å². The minimum absolute atomic E-state index is 0.0659. The fourth-order valence-electron chi connectivity index (χ4n) is 2.58. The molecule has 7 nitrogen and oxygen atoms in total. The lowest BCUT2D eigenvalue weighted by molar-refractivity contribution is -0.129. The molecule has 0 bridgehead atoms. The van der Waals surface area contributed by atoms with Gasteiger partial charge in [0.25, 0.3) is 5.91 Å². The molecule has 1 fully saturated rings. The summed E-state index contributed by atoms with van der Waals surface area (Å²) in [6.07, 6.45) is 1.30. The van der Waals surface area contributed by atoms with E-state index >= 15 is 0 Å². The van der Waals surface area contributed by atoms with Gasteiger partial charge in [0, 0.05) is 37.8 Å². The van der Waals surface area contributed by atoms with Crippen LogP contribution in [0.15, 0.2) is 24.8 Å². The number of ether oxygens (including phenoxy) is 2. The number of hydrogen-bond acceptors (Lipinski definition) is 5. The molecule has 1 aliphatic rings. The van der Waals surface area contributed by atoms with Crippen LogP contribution in [0.3, 0.4) is 0 Å². The largest absolute Gasteiger partial charge is 0.481 e. The van der Waals surface area contributed by atoms with Gasteiger partial charge in [-0.05, 0) is 13.0 Å². The number of methoxy groups -OCH3 is 2. The predicted molar refractivity (Wildman–Crippen MR) is 84.6 cm³/mol. The highest BCUT2D eigenvalue weighted by molar-refractivity contribution is 5.95. The van der Waals surface area contributed by atoms with Gasteiger partial charge < -0.3 is 19.3 Å². The van der Waals surface area contributed by atoms with E-state index in [0.29, 0.717) is 37.0 Å². The van der Waals surface area contributed by atoms with Crippen LogP contribution in [0.25, 0.3) is 0 Å². The number of piperazine rings is 1. The number of carbonyl (C=O) groups is 2. The van der Waals surface area contributed by atoms with Crippen LogP contribution < -0.4 is 9.47 Å². The first-order valence-electron chi connectivity index (χ1n) is 7.32. The monoisotopic (exact) mass is 319 g/mol. The Morgan fingerprint density at radius 2 is 1.87 bits per heavy atom. The van der Waals surface area contributed by atoms with Gasteiger partial charge in [-0.15, -0.1) is 0 Å². The quantitative estimate of drug-likeness (QED) is 0.773. The topological polar surface area (TPSA) is 72.0 Å². The van der Waals surface area contributed by atoms with E-state index in [2.05, 4.69) is 11.6 Å². The van der Waals surface area contributed by atoms with Gasteiger partial charge in [-0.3, -0.25) is 9.59 Å². The van der Waals surface area contributed by atoms with Crippen molar-refractivity contribution in [2.75, 3.05) is 33.9 Å². The molecule has 1 aromatic heterocycles. The molecule has 1 aromatic rings. The summed E-state index contributed by atoms with van der Waals surface area (Å²) in [5.41, 5.74) is 0.449. The molecule has 2 amide bonds. The summed E-state index contributed by atoms with van der Waals surface area (Å²) < 4.78 is 10.2. The van der Waals surface area contributed by atoms with Gasteiger partial charge in [-0.1, -0.05) is 6.58 Å². The summed E-state index contributed by atoms with van der Waals surface area (Å²) in [6.45, 7) is 6.83. The van der Waals surface area contributed by atoms with E-state index in [1.165, 1.54) is 20.3 Å². The Balaban J connectivity index is 2.16. The third-order valence-corrected chi connectivity index (χ3v) is 3.82. The van der Waals surface area contributed by atoms with Crippen LogP contribution in [0, 0.1) is 0 Å². The first-order chi connectivity index (χ1) is 11.0. The molecule has 0 unspecified atom stereocenters. The summed E-state index contributed by atoms with van der Waals surface area (Å²) in [5.74, 6) is 0.390. The molecular weight excluding hydrogens is 298 g/mol. The van der Waals surface area contributed by atoms with Crippen molar-refractivity contribution in [2.45, 2.75) is 13.0 Å². The molecule has 7 heteroatoms. The second kappa shape index (κ2) is 7.13. The maximum atomic E-state index is 12.7. The average Bonchev–Trinajstić information content (AvgIpc) is 2.59. The Morgan fingerprint density at radius 1 is 1.26 bits per heavy atom. The van der Waals surface area contributed by atoms with Crippen LogP contribution in [0.4, 0.5) is 0 Å². The molecule has 0 saturated carbocycles. The molecule has 1 saturated heterocycles. The van der Waals surface area contributed by atoms with Gasteiger partial charge in [-0.25, -0.2) is 0 Å². The van der Waals surface area contributed by atoms with Crippen LogP contribution in [-0.2, 0) is 4.79 Å². The van der Waals surface area contributed by atoms with Gasteiger partial charge in [-0.2, -0.15) is 4.98 Å². The second-order valence-corrected chi connectivity index (χ2v) is 5.28. The van der Waals surface area contributed by atoms with E-state index in [-0.39, 0.29) is 17.9 Å². The molecule has 2 rings (SSSR count). The Bertz CT molecular complexity index is 595. The highest BCUT2D eigenvalue weighted by atomic mass is 16.5. The van der Waals surface area contributed by atoms with Crippen LogP contribution in [0.5, 0.6) is 11.8 Å². The normalized spacial score (nSPS) is 17.6. The van der Waals surface area contributed by atoms with Crippen LogP contribution in [-0.4, -0.2) is 66.5 Å². The fraction of sp³-hybridized carbons (Fsp3) is 0.438. The van der Waals surface area contributed by atoms with Crippen molar-refractivity contribution < 1.29 is 19.1 Å². The molecule has 124 valence electrons. The highest BCUT2D eigenvalue weighted by Gasteiger charge is 2.29. The molecular formula is C16H21N3O4. The van der Waals surface area contributed by atoms with Gasteiger partial charge in [0.1, 0.15) is 0 Å². The second-order valence-electron chi connectivity index (χ2n) is 5.28. The third-order valence-electron chi connectivity index (χ3n) is 3.82. The SMILES string of the molecule is C=CC(=O)N1CCN(C(=O)c2cc(OC)nc(OC)c2)C[C@H]1C. The molecule has 2 heterocycles. The van der Waals surface area contributed by atoms with Crippen molar-refractivity contribution in [2.24, 2.45) is 0 Å². The fourth-order valence-corrected chi connectivity index (χ4v) is 2.58. The maximum Gasteiger partial charge on any atom is 0.254 e. The number of aromatic nitrogens is 1. The van der Waals surface area contributed by atoms with Gasteiger partial charge >= 0.3 is 0 Å². The minimum Gasteiger partial charge on any atom is -0.481 e. The van der Waals surface area contributed by atoms with Crippen molar-refractivity contribution >= 4 is 11.8 Å². The summed E-state index contributed by atoms with van der Waals surface area (Å²) >= 11 is 0. The molecule has 23 heavy (non-hydrogen) atoms. The van der Waals surface area contributed by atoms with Crippen LogP contribution in [0.2, 0.25) is 0 Å². The van der Waals surface area contributed by atoms with Crippen molar-refractivity contribution in [3.63, 3.8) is 0 Å². The number of amides is 2. The Hall–Kier alpha value is -2.57. The molecule has 0 N–H and O–H groups in total. The molecule has 0 radical (unpaired) electrons.